The minimum Gasteiger partial charge on any atom is -0.490 e. The number of nitrogens with zero attached hydrogens (tertiary/aromatic N) is 4. The van der Waals surface area contributed by atoms with Crippen molar-refractivity contribution >= 4 is 34.4 Å². The highest BCUT2D eigenvalue weighted by atomic mass is 32.1. The van der Waals surface area contributed by atoms with E-state index >= 15 is 0 Å². The van der Waals surface area contributed by atoms with Crippen LogP contribution < -0.4 is 15.0 Å². The predicted octanol–water partition coefficient (Wildman–Crippen LogP) is 6.44. The second kappa shape index (κ2) is 9.67. The molecule has 8 heteroatoms. The maximum absolute atomic E-state index is 6.22. The third kappa shape index (κ3) is 4.18. The zero-order chi connectivity index (χ0) is 24.6. The summed E-state index contributed by atoms with van der Waals surface area (Å²) in [4.78, 5) is 11.5. The number of hydrogen-bond acceptors (Lipinski definition) is 5. The number of nitrogens with one attached hydrogen (secondary N) is 1. The third-order valence-electron chi connectivity index (χ3n) is 7.22. The molecule has 184 valence electrons. The van der Waals surface area contributed by atoms with Gasteiger partial charge >= 0.3 is 0 Å². The first-order valence-corrected chi connectivity index (χ1v) is 13.7. The molecular formula is C28H29N5OS2. The number of thiocarbonyl (C=S) groups is 1. The van der Waals surface area contributed by atoms with E-state index in [4.69, 9.17) is 21.9 Å². The fourth-order valence-electron chi connectivity index (χ4n) is 5.54. The first kappa shape index (κ1) is 23.2. The van der Waals surface area contributed by atoms with Crippen LogP contribution in [0.5, 0.6) is 5.75 Å². The molecule has 4 aromatic rings. The van der Waals surface area contributed by atoms with E-state index in [0.717, 1.165) is 46.5 Å². The minimum absolute atomic E-state index is 0.0612. The van der Waals surface area contributed by atoms with Crippen molar-refractivity contribution in [3.8, 4) is 10.9 Å². The van der Waals surface area contributed by atoms with Crippen LogP contribution >= 0.6 is 23.6 Å². The first-order chi connectivity index (χ1) is 17.6. The molecule has 36 heavy (non-hydrogen) atoms. The molecule has 6 nitrogen and oxygen atoms in total. The Kier molecular flexibility index (Phi) is 6.23. The molecular weight excluding hydrogens is 486 g/mol. The SMILES string of the molecule is Cc1cc([C@@H]2[C@@H](c3ccccn3)NC(=S)N2c2ccc(OC3CCCC3)cc2)c(C)n1-c1nccs1. The van der Waals surface area contributed by atoms with Gasteiger partial charge in [-0.25, -0.2) is 4.98 Å². The lowest BCUT2D eigenvalue weighted by atomic mass is 9.96. The fourth-order valence-corrected chi connectivity index (χ4v) is 6.64. The van der Waals surface area contributed by atoms with Crippen molar-refractivity contribution in [2.75, 3.05) is 4.90 Å². The van der Waals surface area contributed by atoms with Gasteiger partial charge < -0.3 is 15.0 Å². The Morgan fingerprint density at radius 2 is 1.83 bits per heavy atom. The van der Waals surface area contributed by atoms with Crippen LogP contribution in [0.3, 0.4) is 0 Å². The summed E-state index contributed by atoms with van der Waals surface area (Å²) in [5.41, 5.74) is 5.51. The molecule has 1 aliphatic carbocycles. The molecule has 2 fully saturated rings. The number of thiazole rings is 1. The summed E-state index contributed by atoms with van der Waals surface area (Å²) < 4.78 is 8.44. The second-order valence-corrected chi connectivity index (χ2v) is 10.8. The number of ether oxygens (including phenoxy) is 1. The molecule has 0 amide bonds. The first-order valence-electron chi connectivity index (χ1n) is 12.5. The Morgan fingerprint density at radius 3 is 2.53 bits per heavy atom. The molecule has 1 aromatic carbocycles. The van der Waals surface area contributed by atoms with Crippen LogP contribution in [0.2, 0.25) is 0 Å². The van der Waals surface area contributed by atoms with Gasteiger partial charge in [0.2, 0.25) is 0 Å². The average Bonchev–Trinajstić information content (AvgIpc) is 3.69. The quantitative estimate of drug-likeness (QED) is 0.298. The molecule has 1 N–H and O–H groups in total. The third-order valence-corrected chi connectivity index (χ3v) is 8.29. The summed E-state index contributed by atoms with van der Waals surface area (Å²) in [5, 5.41) is 7.25. The van der Waals surface area contributed by atoms with E-state index in [0.29, 0.717) is 11.2 Å². The summed E-state index contributed by atoms with van der Waals surface area (Å²) in [7, 11) is 0. The van der Waals surface area contributed by atoms with Crippen LogP contribution in [0.1, 0.15) is 60.4 Å². The molecule has 2 aliphatic rings. The summed E-state index contributed by atoms with van der Waals surface area (Å²) in [6.07, 6.45) is 8.83. The van der Waals surface area contributed by atoms with Gasteiger partial charge in [0.05, 0.1) is 23.9 Å². The van der Waals surface area contributed by atoms with Gasteiger partial charge in [-0.1, -0.05) is 6.07 Å². The summed E-state index contributed by atoms with van der Waals surface area (Å²) in [5.74, 6) is 0.920. The van der Waals surface area contributed by atoms with Crippen LogP contribution in [0.15, 0.2) is 66.3 Å². The van der Waals surface area contributed by atoms with Gasteiger partial charge in [0.25, 0.3) is 0 Å². The van der Waals surface area contributed by atoms with Crippen molar-refractivity contribution in [2.45, 2.75) is 57.7 Å². The van der Waals surface area contributed by atoms with E-state index in [1.54, 1.807) is 11.3 Å². The Morgan fingerprint density at radius 1 is 1.03 bits per heavy atom. The average molecular weight is 516 g/mol. The summed E-state index contributed by atoms with van der Waals surface area (Å²) >= 11 is 7.57. The van der Waals surface area contributed by atoms with Crippen LogP contribution in [-0.2, 0) is 0 Å². The smallest absolute Gasteiger partial charge is 0.193 e. The molecule has 0 unspecified atom stereocenters. The molecule has 0 radical (unpaired) electrons. The Bertz CT molecular complexity index is 1340. The van der Waals surface area contributed by atoms with E-state index in [-0.39, 0.29) is 12.1 Å². The number of hydrogen-bond donors (Lipinski definition) is 1. The van der Waals surface area contributed by atoms with Crippen LogP contribution in [0, 0.1) is 13.8 Å². The second-order valence-electron chi connectivity index (χ2n) is 9.49. The molecule has 0 bridgehead atoms. The van der Waals surface area contributed by atoms with Crippen molar-refractivity contribution in [1.29, 1.82) is 0 Å². The van der Waals surface area contributed by atoms with Crippen molar-refractivity contribution < 1.29 is 4.74 Å². The molecule has 1 aliphatic heterocycles. The number of anilines is 1. The standard InChI is InChI=1S/C28H29N5OS2/c1-18-17-23(19(2)32(18)28-30-15-16-36-28)26-25(24-9-5-6-14-29-24)31-27(35)33(26)20-10-12-22(13-11-20)34-21-7-3-4-8-21/h5-6,9-17,21,25-26H,3-4,7-8H2,1-2H3,(H,31,35)/t25-,26-/m1/s1. The van der Waals surface area contributed by atoms with E-state index in [1.165, 1.54) is 18.4 Å². The molecule has 1 saturated heterocycles. The monoisotopic (exact) mass is 515 g/mol. The summed E-state index contributed by atoms with van der Waals surface area (Å²) in [6.45, 7) is 4.30. The van der Waals surface area contributed by atoms with Gasteiger partial charge in [-0.3, -0.25) is 9.55 Å². The highest BCUT2D eigenvalue weighted by molar-refractivity contribution is 7.80. The minimum atomic E-state index is -0.0849. The van der Waals surface area contributed by atoms with Gasteiger partial charge in [-0.15, -0.1) is 11.3 Å². The van der Waals surface area contributed by atoms with Crippen molar-refractivity contribution in [3.63, 3.8) is 0 Å². The van der Waals surface area contributed by atoms with E-state index in [2.05, 4.69) is 70.0 Å². The van der Waals surface area contributed by atoms with Gasteiger partial charge in [0.15, 0.2) is 10.2 Å². The molecule has 4 heterocycles. The largest absolute Gasteiger partial charge is 0.490 e. The topological polar surface area (TPSA) is 55.2 Å². The predicted molar refractivity (Wildman–Crippen MR) is 148 cm³/mol. The highest BCUT2D eigenvalue weighted by Crippen LogP contribution is 2.44. The number of benzene rings is 1. The lowest BCUT2D eigenvalue weighted by molar-refractivity contribution is 0.210. The Labute approximate surface area is 221 Å². The fraction of sp³-hybridized carbons (Fsp3) is 0.321. The van der Waals surface area contributed by atoms with E-state index in [1.807, 2.05) is 29.9 Å². The number of rotatable bonds is 6. The molecule has 1 saturated carbocycles. The number of pyridine rings is 1. The molecule has 0 spiro atoms. The van der Waals surface area contributed by atoms with Crippen molar-refractivity contribution in [1.82, 2.24) is 19.9 Å². The zero-order valence-electron chi connectivity index (χ0n) is 20.4. The van der Waals surface area contributed by atoms with Crippen LogP contribution in [-0.4, -0.2) is 25.8 Å². The van der Waals surface area contributed by atoms with Crippen LogP contribution in [0.25, 0.3) is 5.13 Å². The molecule has 6 rings (SSSR count). The zero-order valence-corrected chi connectivity index (χ0v) is 22.1. The maximum atomic E-state index is 6.22. The molecule has 2 atom stereocenters. The lowest BCUT2D eigenvalue weighted by Crippen LogP contribution is -2.29. The van der Waals surface area contributed by atoms with E-state index in [9.17, 15) is 0 Å². The summed E-state index contributed by atoms with van der Waals surface area (Å²) in [6, 6.07) is 16.5. The van der Waals surface area contributed by atoms with E-state index < -0.39 is 0 Å². The maximum Gasteiger partial charge on any atom is 0.193 e. The number of aryl methyl sites for hydroxylation is 1. The normalized spacial score (nSPS) is 20.2. The van der Waals surface area contributed by atoms with Crippen LogP contribution in [0.4, 0.5) is 5.69 Å². The Hall–Kier alpha value is -3.23. The van der Waals surface area contributed by atoms with Crippen molar-refractivity contribution in [3.05, 3.63) is 88.9 Å². The lowest BCUT2D eigenvalue weighted by Gasteiger charge is -2.28. The van der Waals surface area contributed by atoms with Gasteiger partial charge in [0.1, 0.15) is 5.75 Å². The van der Waals surface area contributed by atoms with Gasteiger partial charge in [-0.05, 0) is 99.8 Å². The van der Waals surface area contributed by atoms with Gasteiger partial charge in [-0.2, -0.15) is 0 Å². The Balaban J connectivity index is 1.40. The molecule has 3 aromatic heterocycles. The van der Waals surface area contributed by atoms with Gasteiger partial charge in [0, 0.05) is 34.8 Å². The number of aromatic nitrogens is 3. The highest BCUT2D eigenvalue weighted by Gasteiger charge is 2.42. The van der Waals surface area contributed by atoms with Crippen molar-refractivity contribution in [2.24, 2.45) is 0 Å².